The van der Waals surface area contributed by atoms with Gasteiger partial charge in [0.25, 0.3) is 0 Å². The molecular formula is C28H27N9O2. The van der Waals surface area contributed by atoms with Crippen LogP contribution in [0.25, 0.3) is 11.4 Å². The largest absolute Gasteiger partial charge is 0.487 e. The minimum atomic E-state index is 0.132. The minimum absolute atomic E-state index is 0.132. The Labute approximate surface area is 226 Å². The van der Waals surface area contributed by atoms with Crippen molar-refractivity contribution in [1.29, 1.82) is 10.8 Å². The van der Waals surface area contributed by atoms with Crippen LogP contribution in [0.5, 0.6) is 17.4 Å². The van der Waals surface area contributed by atoms with Gasteiger partial charge in [0.1, 0.15) is 11.9 Å². The third-order valence-corrected chi connectivity index (χ3v) is 6.26. The summed E-state index contributed by atoms with van der Waals surface area (Å²) in [4.78, 5) is 19.9. The van der Waals surface area contributed by atoms with E-state index in [0.29, 0.717) is 35.2 Å². The second kappa shape index (κ2) is 12.1. The molecular weight excluding hydrogens is 494 g/mol. The van der Waals surface area contributed by atoms with E-state index in [4.69, 9.17) is 20.3 Å². The average molecular weight is 522 g/mol. The van der Waals surface area contributed by atoms with Gasteiger partial charge in [-0.25, -0.2) is 20.5 Å². The second-order valence-electron chi connectivity index (χ2n) is 9.15. The van der Waals surface area contributed by atoms with Gasteiger partial charge in [0, 0.05) is 25.2 Å². The summed E-state index contributed by atoms with van der Waals surface area (Å²) >= 11 is 0. The van der Waals surface area contributed by atoms with Crippen LogP contribution < -0.4 is 14.8 Å². The normalized spacial score (nSPS) is 13.8. The van der Waals surface area contributed by atoms with Crippen LogP contribution in [-0.4, -0.2) is 51.1 Å². The first-order valence-corrected chi connectivity index (χ1v) is 12.5. The maximum atomic E-state index is 9.10. The molecule has 0 radical (unpaired) electrons. The lowest BCUT2D eigenvalue weighted by molar-refractivity contribution is 0.113. The molecule has 0 unspecified atom stereocenters. The number of aromatic nitrogens is 4. The summed E-state index contributed by atoms with van der Waals surface area (Å²) in [5, 5.41) is 15.7. The fourth-order valence-electron chi connectivity index (χ4n) is 4.19. The number of hydrogen-bond donors (Lipinski definition) is 2. The molecule has 39 heavy (non-hydrogen) atoms. The van der Waals surface area contributed by atoms with Gasteiger partial charge in [-0.15, -0.1) is 5.11 Å². The van der Waals surface area contributed by atoms with Gasteiger partial charge in [0.2, 0.25) is 11.7 Å². The zero-order valence-corrected chi connectivity index (χ0v) is 21.4. The molecule has 1 saturated heterocycles. The van der Waals surface area contributed by atoms with Crippen LogP contribution in [-0.2, 0) is 6.54 Å². The molecule has 0 atom stereocenters. The third-order valence-electron chi connectivity index (χ3n) is 6.26. The number of likely N-dealkylation sites (tertiary alicyclic amines) is 1. The second-order valence-corrected chi connectivity index (χ2v) is 9.15. The number of nitrogens with zero attached hydrogens (tertiary/aromatic N) is 7. The van der Waals surface area contributed by atoms with Crippen molar-refractivity contribution in [2.45, 2.75) is 25.5 Å². The molecule has 5 rings (SSSR count). The highest BCUT2D eigenvalue weighted by Gasteiger charge is 2.18. The molecule has 196 valence electrons. The Balaban J connectivity index is 1.24. The van der Waals surface area contributed by atoms with E-state index in [0.717, 1.165) is 37.1 Å². The number of ether oxygens (including phenoxy) is 2. The summed E-state index contributed by atoms with van der Waals surface area (Å²) in [5.74, 6) is 2.39. The lowest BCUT2D eigenvalue weighted by atomic mass is 10.1. The number of anilines is 1. The first kappa shape index (κ1) is 25.7. The van der Waals surface area contributed by atoms with E-state index in [1.165, 1.54) is 6.20 Å². The van der Waals surface area contributed by atoms with Crippen LogP contribution in [0.2, 0.25) is 0 Å². The Hall–Kier alpha value is -4.95. The van der Waals surface area contributed by atoms with Gasteiger partial charge in [-0.3, -0.25) is 0 Å². The number of benzene rings is 2. The van der Waals surface area contributed by atoms with Gasteiger partial charge >= 0.3 is 0 Å². The topological polar surface area (TPSA) is 145 Å². The molecule has 4 aromatic rings. The predicted octanol–water partition coefficient (Wildman–Crippen LogP) is 5.35. The Kier molecular flexibility index (Phi) is 7.95. The average Bonchev–Trinajstić information content (AvgIpc) is 2.98. The molecule has 0 saturated carbocycles. The molecule has 11 nitrogen and oxygen atoms in total. The van der Waals surface area contributed by atoms with Crippen molar-refractivity contribution in [2.75, 3.05) is 25.5 Å². The van der Waals surface area contributed by atoms with Crippen LogP contribution in [0.15, 0.2) is 72.2 Å². The maximum Gasteiger partial charge on any atom is 0.239 e. The van der Waals surface area contributed by atoms with Crippen molar-refractivity contribution in [2.24, 2.45) is 5.11 Å². The molecule has 11 heteroatoms. The summed E-state index contributed by atoms with van der Waals surface area (Å²) in [6.07, 6.45) is 7.02. The molecule has 0 amide bonds. The van der Waals surface area contributed by atoms with Crippen molar-refractivity contribution in [3.05, 3.63) is 78.2 Å². The zero-order valence-electron chi connectivity index (χ0n) is 21.4. The first-order chi connectivity index (χ1) is 19.1. The molecule has 2 N–H and O–H groups in total. The van der Waals surface area contributed by atoms with Crippen LogP contribution in [0.4, 0.5) is 11.6 Å². The number of hydrogen-bond acceptors (Lipinski definition) is 11. The molecule has 1 fully saturated rings. The van der Waals surface area contributed by atoms with E-state index in [-0.39, 0.29) is 17.8 Å². The molecule has 0 aliphatic carbocycles. The number of piperidine rings is 1. The minimum Gasteiger partial charge on any atom is -0.487 e. The molecule has 3 heterocycles. The predicted molar refractivity (Wildman–Crippen MR) is 144 cm³/mol. The monoisotopic (exact) mass is 521 g/mol. The summed E-state index contributed by atoms with van der Waals surface area (Å²) in [6, 6.07) is 16.6. The zero-order chi connectivity index (χ0) is 27.0. The van der Waals surface area contributed by atoms with Gasteiger partial charge in [0.15, 0.2) is 17.4 Å². The van der Waals surface area contributed by atoms with Gasteiger partial charge in [-0.05, 0) is 49.7 Å². The van der Waals surface area contributed by atoms with Crippen molar-refractivity contribution in [3.63, 3.8) is 0 Å². The Bertz CT molecular complexity index is 1480. The van der Waals surface area contributed by atoms with E-state index in [1.807, 2.05) is 24.3 Å². The van der Waals surface area contributed by atoms with E-state index >= 15 is 0 Å². The number of nitriles is 1. The standard InChI is InChI=1S/C28H27N9O2/c1-37-10-8-22(9-11-37)38-24-16-32-26(33-17-24)21-6-2-5-20(12-21)15-31-27-28(36-30)34-18-25(35-27)39-23-7-3-4-19(13-23)14-29/h2-7,12-13,16-18,22,30H,8-11,15H2,1H3,(H,31,35). The van der Waals surface area contributed by atoms with Crippen molar-refractivity contribution in [1.82, 2.24) is 24.8 Å². The molecule has 2 aromatic carbocycles. The van der Waals surface area contributed by atoms with Crippen molar-refractivity contribution < 1.29 is 9.47 Å². The van der Waals surface area contributed by atoms with E-state index in [1.54, 1.807) is 36.7 Å². The smallest absolute Gasteiger partial charge is 0.239 e. The van der Waals surface area contributed by atoms with Gasteiger partial charge in [-0.1, -0.05) is 24.3 Å². The van der Waals surface area contributed by atoms with Crippen molar-refractivity contribution >= 4 is 11.6 Å². The number of rotatable bonds is 9. The summed E-state index contributed by atoms with van der Waals surface area (Å²) < 4.78 is 11.8. The van der Waals surface area contributed by atoms with E-state index in [2.05, 4.69) is 48.4 Å². The van der Waals surface area contributed by atoms with Gasteiger partial charge in [0.05, 0.1) is 30.2 Å². The van der Waals surface area contributed by atoms with Gasteiger partial charge in [-0.2, -0.15) is 10.2 Å². The fraction of sp³-hybridized carbons (Fsp3) is 0.250. The third kappa shape index (κ3) is 6.68. The Morgan fingerprint density at radius 2 is 1.85 bits per heavy atom. The SMILES string of the molecule is CN1CCC(Oc2cnc(-c3cccc(CNc4nc(Oc5cccc(C#N)c5)cnc4N=N)c3)nc2)CC1. The summed E-state index contributed by atoms with van der Waals surface area (Å²) in [6.45, 7) is 2.46. The van der Waals surface area contributed by atoms with E-state index < -0.39 is 0 Å². The van der Waals surface area contributed by atoms with Gasteiger partial charge < -0.3 is 19.7 Å². The lowest BCUT2D eigenvalue weighted by Crippen LogP contribution is -2.35. The highest BCUT2D eigenvalue weighted by Crippen LogP contribution is 2.27. The Morgan fingerprint density at radius 3 is 2.62 bits per heavy atom. The van der Waals surface area contributed by atoms with Crippen LogP contribution in [0.1, 0.15) is 24.0 Å². The van der Waals surface area contributed by atoms with Crippen molar-refractivity contribution in [3.8, 4) is 34.8 Å². The molecule has 1 aliphatic heterocycles. The quantitative estimate of drug-likeness (QED) is 0.278. The summed E-state index contributed by atoms with van der Waals surface area (Å²) in [7, 11) is 2.12. The highest BCUT2D eigenvalue weighted by atomic mass is 16.5. The maximum absolute atomic E-state index is 9.10. The van der Waals surface area contributed by atoms with E-state index in [9.17, 15) is 0 Å². The van der Waals surface area contributed by atoms with Crippen LogP contribution >= 0.6 is 0 Å². The molecule has 0 spiro atoms. The highest BCUT2D eigenvalue weighted by molar-refractivity contribution is 5.58. The fourth-order valence-corrected chi connectivity index (χ4v) is 4.19. The molecule has 0 bridgehead atoms. The summed E-state index contributed by atoms with van der Waals surface area (Å²) in [5.41, 5.74) is 9.73. The number of nitrogens with one attached hydrogen (secondary N) is 2. The first-order valence-electron chi connectivity index (χ1n) is 12.5. The van der Waals surface area contributed by atoms with Crippen LogP contribution in [0, 0.1) is 16.9 Å². The Morgan fingerprint density at radius 1 is 1.05 bits per heavy atom. The molecule has 2 aromatic heterocycles. The lowest BCUT2D eigenvalue weighted by Gasteiger charge is -2.29. The van der Waals surface area contributed by atoms with Crippen LogP contribution in [0.3, 0.4) is 0 Å². The molecule has 1 aliphatic rings.